The third-order valence-electron chi connectivity index (χ3n) is 5.20. The lowest BCUT2D eigenvalue weighted by atomic mass is 9.78. The van der Waals surface area contributed by atoms with Crippen LogP contribution in [-0.2, 0) is 11.3 Å². The first-order valence-electron chi connectivity index (χ1n) is 8.51. The highest BCUT2D eigenvalue weighted by molar-refractivity contribution is 5.99. The van der Waals surface area contributed by atoms with Crippen molar-refractivity contribution in [2.24, 2.45) is 5.41 Å². The molecule has 0 radical (unpaired) electrons. The van der Waals surface area contributed by atoms with Crippen LogP contribution >= 0.6 is 0 Å². The minimum Gasteiger partial charge on any atom is -0.465 e. The summed E-state index contributed by atoms with van der Waals surface area (Å²) in [5.74, 6) is 2.13. The van der Waals surface area contributed by atoms with Gasteiger partial charge in [0.05, 0.1) is 30.0 Å². The highest BCUT2D eigenvalue weighted by atomic mass is 16.3. The average Bonchev–Trinajstić information content (AvgIpc) is 3.13. The molecule has 0 aromatic carbocycles. The van der Waals surface area contributed by atoms with Gasteiger partial charge in [0.1, 0.15) is 17.8 Å². The Hall–Kier alpha value is -2.21. The van der Waals surface area contributed by atoms with E-state index in [1.165, 1.54) is 6.33 Å². The zero-order valence-corrected chi connectivity index (χ0v) is 13.9. The number of aromatic nitrogens is 2. The first-order chi connectivity index (χ1) is 11.7. The SMILES string of the molecule is Cc1ccc(CN2CCC[C@@]3(CCN(c4cncnc4)C3=O)C2)o1. The lowest BCUT2D eigenvalue weighted by molar-refractivity contribution is -0.128. The molecule has 6 heteroatoms. The Morgan fingerprint density at radius 3 is 2.79 bits per heavy atom. The summed E-state index contributed by atoms with van der Waals surface area (Å²) in [7, 11) is 0. The molecule has 0 bridgehead atoms. The van der Waals surface area contributed by atoms with E-state index in [0.29, 0.717) is 0 Å². The number of nitrogens with zero attached hydrogens (tertiary/aromatic N) is 4. The average molecular weight is 326 g/mol. The van der Waals surface area contributed by atoms with Crippen molar-refractivity contribution in [2.75, 3.05) is 24.5 Å². The standard InChI is InChI=1S/C18H22N4O2/c1-14-3-4-16(24-14)11-21-7-2-5-18(12-21)6-8-22(17(18)23)15-9-19-13-20-10-15/h3-4,9-10,13H,2,5-8,11-12H2,1H3/t18-/m1/s1. The van der Waals surface area contributed by atoms with E-state index in [0.717, 1.165) is 62.6 Å². The van der Waals surface area contributed by atoms with E-state index in [1.807, 2.05) is 24.0 Å². The van der Waals surface area contributed by atoms with E-state index in [2.05, 4.69) is 14.9 Å². The molecule has 6 nitrogen and oxygen atoms in total. The summed E-state index contributed by atoms with van der Waals surface area (Å²) in [6.45, 7) is 5.30. The van der Waals surface area contributed by atoms with Crippen molar-refractivity contribution >= 4 is 11.6 Å². The van der Waals surface area contributed by atoms with Crippen LogP contribution < -0.4 is 4.90 Å². The first kappa shape index (κ1) is 15.3. The van der Waals surface area contributed by atoms with Crippen molar-refractivity contribution in [3.8, 4) is 0 Å². The number of piperidine rings is 1. The van der Waals surface area contributed by atoms with Crippen molar-refractivity contribution < 1.29 is 9.21 Å². The molecule has 2 saturated heterocycles. The summed E-state index contributed by atoms with van der Waals surface area (Å²) in [5.41, 5.74) is 0.536. The van der Waals surface area contributed by atoms with Crippen molar-refractivity contribution in [1.29, 1.82) is 0 Å². The molecule has 2 aromatic heterocycles. The molecule has 4 heterocycles. The van der Waals surface area contributed by atoms with Gasteiger partial charge in [-0.15, -0.1) is 0 Å². The Bertz CT molecular complexity index is 730. The predicted octanol–water partition coefficient (Wildman–Crippen LogP) is 2.40. The number of hydrogen-bond donors (Lipinski definition) is 0. The Kier molecular flexibility index (Phi) is 3.84. The van der Waals surface area contributed by atoms with E-state index in [1.54, 1.807) is 12.4 Å². The molecule has 2 fully saturated rings. The van der Waals surface area contributed by atoms with Crippen molar-refractivity contribution in [3.05, 3.63) is 42.4 Å². The molecule has 1 spiro atoms. The van der Waals surface area contributed by atoms with E-state index in [-0.39, 0.29) is 11.3 Å². The lowest BCUT2D eigenvalue weighted by Crippen LogP contribution is -2.47. The van der Waals surface area contributed by atoms with Crippen molar-refractivity contribution in [1.82, 2.24) is 14.9 Å². The van der Waals surface area contributed by atoms with Gasteiger partial charge in [-0.1, -0.05) is 0 Å². The predicted molar refractivity (Wildman–Crippen MR) is 89.4 cm³/mol. The molecular weight excluding hydrogens is 304 g/mol. The Labute approximate surface area is 141 Å². The van der Waals surface area contributed by atoms with Crippen LogP contribution in [0.5, 0.6) is 0 Å². The monoisotopic (exact) mass is 326 g/mol. The van der Waals surface area contributed by atoms with Gasteiger partial charge in [-0.05, 0) is 44.9 Å². The number of amides is 1. The number of carbonyl (C=O) groups excluding carboxylic acids is 1. The molecule has 1 amide bonds. The van der Waals surface area contributed by atoms with E-state index in [4.69, 9.17) is 4.42 Å². The summed E-state index contributed by atoms with van der Waals surface area (Å²) in [5, 5.41) is 0. The number of anilines is 1. The number of carbonyl (C=O) groups is 1. The molecule has 2 aromatic rings. The quantitative estimate of drug-likeness (QED) is 0.867. The Balaban J connectivity index is 1.49. The Morgan fingerprint density at radius 2 is 2.04 bits per heavy atom. The van der Waals surface area contributed by atoms with Crippen molar-refractivity contribution in [3.63, 3.8) is 0 Å². The molecule has 0 N–H and O–H groups in total. The number of hydrogen-bond acceptors (Lipinski definition) is 5. The van der Waals surface area contributed by atoms with Gasteiger partial charge < -0.3 is 9.32 Å². The minimum atomic E-state index is -0.268. The Morgan fingerprint density at radius 1 is 1.21 bits per heavy atom. The largest absolute Gasteiger partial charge is 0.465 e. The summed E-state index contributed by atoms with van der Waals surface area (Å²) >= 11 is 0. The van der Waals surface area contributed by atoms with Gasteiger partial charge in [0.15, 0.2) is 0 Å². The molecule has 0 saturated carbocycles. The van der Waals surface area contributed by atoms with Gasteiger partial charge in [0.25, 0.3) is 0 Å². The highest BCUT2D eigenvalue weighted by Gasteiger charge is 2.49. The van der Waals surface area contributed by atoms with E-state index < -0.39 is 0 Å². The molecule has 24 heavy (non-hydrogen) atoms. The molecule has 0 unspecified atom stereocenters. The second-order valence-corrected chi connectivity index (χ2v) is 6.91. The normalized spacial score (nSPS) is 24.9. The maximum absolute atomic E-state index is 13.1. The van der Waals surface area contributed by atoms with Gasteiger partial charge in [0.2, 0.25) is 5.91 Å². The lowest BCUT2D eigenvalue weighted by Gasteiger charge is -2.38. The maximum Gasteiger partial charge on any atom is 0.234 e. The zero-order valence-electron chi connectivity index (χ0n) is 13.9. The van der Waals surface area contributed by atoms with Gasteiger partial charge in [-0.25, -0.2) is 9.97 Å². The fourth-order valence-electron chi connectivity index (χ4n) is 4.03. The van der Waals surface area contributed by atoms with Crippen LogP contribution in [0.15, 0.2) is 35.3 Å². The van der Waals surface area contributed by atoms with Crippen LogP contribution in [0.25, 0.3) is 0 Å². The summed E-state index contributed by atoms with van der Waals surface area (Å²) < 4.78 is 5.70. The molecule has 126 valence electrons. The van der Waals surface area contributed by atoms with Crippen LogP contribution in [0.1, 0.15) is 30.8 Å². The summed E-state index contributed by atoms with van der Waals surface area (Å²) in [6.07, 6.45) is 7.84. The molecule has 4 rings (SSSR count). The highest BCUT2D eigenvalue weighted by Crippen LogP contribution is 2.41. The van der Waals surface area contributed by atoms with Crippen LogP contribution in [0, 0.1) is 12.3 Å². The van der Waals surface area contributed by atoms with E-state index in [9.17, 15) is 4.79 Å². The molecule has 2 aliphatic heterocycles. The van der Waals surface area contributed by atoms with Gasteiger partial charge in [0, 0.05) is 13.1 Å². The number of furan rings is 1. The summed E-state index contributed by atoms with van der Waals surface area (Å²) in [4.78, 5) is 25.4. The number of aryl methyl sites for hydroxylation is 1. The summed E-state index contributed by atoms with van der Waals surface area (Å²) in [6, 6.07) is 4.02. The minimum absolute atomic E-state index is 0.220. The third-order valence-corrected chi connectivity index (χ3v) is 5.20. The topological polar surface area (TPSA) is 62.5 Å². The van der Waals surface area contributed by atoms with Crippen LogP contribution in [0.3, 0.4) is 0 Å². The van der Waals surface area contributed by atoms with Gasteiger partial charge >= 0.3 is 0 Å². The van der Waals surface area contributed by atoms with Crippen LogP contribution in [-0.4, -0.2) is 40.4 Å². The second-order valence-electron chi connectivity index (χ2n) is 6.91. The molecule has 0 aliphatic carbocycles. The van der Waals surface area contributed by atoms with E-state index >= 15 is 0 Å². The van der Waals surface area contributed by atoms with Crippen molar-refractivity contribution in [2.45, 2.75) is 32.7 Å². The fraction of sp³-hybridized carbons (Fsp3) is 0.500. The second kappa shape index (κ2) is 6.02. The fourth-order valence-corrected chi connectivity index (χ4v) is 4.03. The maximum atomic E-state index is 13.1. The van der Waals surface area contributed by atoms with Gasteiger partial charge in [-0.2, -0.15) is 0 Å². The zero-order chi connectivity index (χ0) is 16.6. The molecular formula is C18H22N4O2. The number of likely N-dealkylation sites (tertiary alicyclic amines) is 1. The molecule has 1 atom stereocenters. The van der Waals surface area contributed by atoms with Crippen LogP contribution in [0.4, 0.5) is 5.69 Å². The third kappa shape index (κ3) is 2.71. The smallest absolute Gasteiger partial charge is 0.234 e. The number of rotatable bonds is 3. The van der Waals surface area contributed by atoms with Crippen LogP contribution in [0.2, 0.25) is 0 Å². The molecule has 2 aliphatic rings. The first-order valence-corrected chi connectivity index (χ1v) is 8.51. The van der Waals surface area contributed by atoms with Gasteiger partial charge in [-0.3, -0.25) is 9.69 Å².